The van der Waals surface area contributed by atoms with Gasteiger partial charge < -0.3 is 22.3 Å². The molecule has 0 bridgehead atoms. The molecule has 0 aromatic heterocycles. The number of allylic oxidation sites excluding steroid dienone is 4. The third-order valence-electron chi connectivity index (χ3n) is 7.26. The summed E-state index contributed by atoms with van der Waals surface area (Å²) in [4.78, 5) is 0. The van der Waals surface area contributed by atoms with Gasteiger partial charge in [0.2, 0.25) is 0 Å². The summed E-state index contributed by atoms with van der Waals surface area (Å²) in [5.41, 5.74) is 7.31. The molecule has 2 atom stereocenters. The Bertz CT molecular complexity index is 713. The number of hydrogen-bond donors (Lipinski definition) is 0. The summed E-state index contributed by atoms with van der Waals surface area (Å²) in [6.45, 7) is 23.8. The minimum Gasteiger partial charge on any atom is -0.358 e. The molecule has 2 heteroatoms. The SMILES string of the molecule is CCc1cc(CC)cc([Si](C)(C(C)(C)C)C2(C)[C-]=C(C)C(C)=C2C)c1.[CH3-].[CH3-].[CH3-].[Ti+4]. The van der Waals surface area contributed by atoms with Crippen molar-refractivity contribution >= 4 is 13.3 Å². The van der Waals surface area contributed by atoms with Crippen LogP contribution in [0.5, 0.6) is 0 Å². The van der Waals surface area contributed by atoms with Gasteiger partial charge in [-0.3, -0.25) is 6.08 Å². The number of aryl methyl sites for hydroxylation is 2. The van der Waals surface area contributed by atoms with E-state index in [0.29, 0.717) is 0 Å². The van der Waals surface area contributed by atoms with Crippen LogP contribution >= 0.6 is 0 Å². The van der Waals surface area contributed by atoms with E-state index in [2.05, 4.69) is 93.1 Å². The van der Waals surface area contributed by atoms with E-state index in [0.717, 1.165) is 12.8 Å². The van der Waals surface area contributed by atoms with E-state index in [4.69, 9.17) is 0 Å². The summed E-state index contributed by atoms with van der Waals surface area (Å²) in [7, 11) is -1.95. The van der Waals surface area contributed by atoms with Gasteiger partial charge in [0, 0.05) is 0 Å². The fraction of sp³-hybridized carbons (Fsp3) is 0.519. The molecular weight excluding hydrogens is 400 g/mol. The second-order valence-corrected chi connectivity index (χ2v) is 14.6. The first-order valence-electron chi connectivity index (χ1n) is 9.85. The van der Waals surface area contributed by atoms with E-state index in [-0.39, 0.29) is 54.1 Å². The maximum atomic E-state index is 3.95. The topological polar surface area (TPSA) is 0 Å². The largest absolute Gasteiger partial charge is 4.00 e. The molecule has 2 rings (SSSR count). The van der Waals surface area contributed by atoms with Crippen LogP contribution in [0.3, 0.4) is 0 Å². The average Bonchev–Trinajstić information content (AvgIpc) is 2.76. The monoisotopic (exact) mass is 446 g/mol. The summed E-state index contributed by atoms with van der Waals surface area (Å²) in [5, 5.41) is 1.91. The standard InChI is InChI=1S/C24H37Si.3CH3.Ti/c1-11-20-13-21(12-2)15-22(14-20)25(10,23(6,7)8)24(9)16-17(3)18(4)19(24)5;;;;/h13-15H,11-12H2,1-10H3;3*1H3;/q4*-1;+4. The number of rotatable bonds is 4. The number of hydrogen-bond acceptors (Lipinski definition) is 0. The average molecular weight is 447 g/mol. The van der Waals surface area contributed by atoms with Gasteiger partial charge in [0.1, 0.15) is 0 Å². The second kappa shape index (κ2) is 11.3. The Morgan fingerprint density at radius 2 is 1.31 bits per heavy atom. The third-order valence-corrected chi connectivity index (χ3v) is 14.2. The Kier molecular flexibility index (Phi) is 13.0. The Morgan fingerprint density at radius 3 is 1.59 bits per heavy atom. The van der Waals surface area contributed by atoms with Crippen molar-refractivity contribution in [2.45, 2.75) is 91.8 Å². The first kappa shape index (κ1) is 33.3. The van der Waals surface area contributed by atoms with E-state index in [1.54, 1.807) is 5.19 Å². The normalized spacial score (nSPS) is 20.4. The first-order valence-corrected chi connectivity index (χ1v) is 12.4. The molecule has 1 aromatic rings. The molecule has 0 aliphatic heterocycles. The van der Waals surface area contributed by atoms with E-state index in [9.17, 15) is 0 Å². The van der Waals surface area contributed by atoms with Crippen LogP contribution in [0.2, 0.25) is 16.6 Å². The summed E-state index contributed by atoms with van der Waals surface area (Å²) < 4.78 is 0. The fourth-order valence-electron chi connectivity index (χ4n) is 4.65. The van der Waals surface area contributed by atoms with Gasteiger partial charge in [-0.25, -0.2) is 5.57 Å². The van der Waals surface area contributed by atoms with Crippen molar-refractivity contribution in [2.24, 2.45) is 0 Å². The maximum Gasteiger partial charge on any atom is 4.00 e. The van der Waals surface area contributed by atoms with Crippen molar-refractivity contribution in [3.8, 4) is 0 Å². The van der Waals surface area contributed by atoms with Crippen molar-refractivity contribution in [1.82, 2.24) is 0 Å². The van der Waals surface area contributed by atoms with Crippen LogP contribution in [0.4, 0.5) is 0 Å². The zero-order chi connectivity index (χ0) is 19.2. The van der Waals surface area contributed by atoms with Crippen molar-refractivity contribution < 1.29 is 21.7 Å². The zero-order valence-corrected chi connectivity index (χ0v) is 24.2. The Morgan fingerprint density at radius 1 is 0.897 bits per heavy atom. The fourth-order valence-corrected chi connectivity index (χ4v) is 9.92. The van der Waals surface area contributed by atoms with Gasteiger partial charge in [-0.1, -0.05) is 90.4 Å². The minimum atomic E-state index is -1.95. The molecule has 0 saturated heterocycles. The molecule has 0 N–H and O–H groups in total. The molecule has 0 saturated carbocycles. The summed E-state index contributed by atoms with van der Waals surface area (Å²) >= 11 is 0. The first-order chi connectivity index (χ1) is 11.4. The Hall–Kier alpha value is -0.369. The van der Waals surface area contributed by atoms with Crippen molar-refractivity contribution in [3.63, 3.8) is 0 Å². The predicted octanol–water partition coefficient (Wildman–Crippen LogP) is 8.11. The summed E-state index contributed by atoms with van der Waals surface area (Å²) in [6, 6.07) is 7.43. The molecule has 0 nitrogen and oxygen atoms in total. The molecule has 29 heavy (non-hydrogen) atoms. The zero-order valence-electron chi connectivity index (χ0n) is 21.6. The van der Waals surface area contributed by atoms with Gasteiger partial charge in [-0.2, -0.15) is 11.1 Å². The smallest absolute Gasteiger partial charge is 0.358 e. The molecule has 1 aliphatic carbocycles. The molecule has 0 fully saturated rings. The van der Waals surface area contributed by atoms with Crippen LogP contribution in [0, 0.1) is 28.4 Å². The van der Waals surface area contributed by atoms with Gasteiger partial charge >= 0.3 is 21.7 Å². The number of benzene rings is 1. The van der Waals surface area contributed by atoms with Crippen LogP contribution in [0.1, 0.15) is 73.4 Å². The predicted molar refractivity (Wildman–Crippen MR) is 135 cm³/mol. The minimum absolute atomic E-state index is 0. The summed E-state index contributed by atoms with van der Waals surface area (Å²) in [6.07, 6.45) is 6.17. The van der Waals surface area contributed by atoms with Gasteiger partial charge in [-0.15, -0.1) is 6.92 Å². The van der Waals surface area contributed by atoms with Crippen LogP contribution in [-0.4, -0.2) is 8.07 Å². The Balaban J connectivity index is -0.00000169. The van der Waals surface area contributed by atoms with E-state index in [1.165, 1.54) is 27.8 Å². The molecule has 0 radical (unpaired) electrons. The van der Waals surface area contributed by atoms with E-state index < -0.39 is 8.07 Å². The Labute approximate surface area is 200 Å². The van der Waals surface area contributed by atoms with Crippen LogP contribution in [0.25, 0.3) is 0 Å². The van der Waals surface area contributed by atoms with Crippen LogP contribution in [-0.2, 0) is 34.6 Å². The van der Waals surface area contributed by atoms with Crippen LogP contribution < -0.4 is 5.19 Å². The third kappa shape index (κ3) is 5.28. The molecule has 0 spiro atoms. The quantitative estimate of drug-likeness (QED) is 0.324. The molecule has 1 aromatic carbocycles. The molecular formula is C27H46SiTi. The van der Waals surface area contributed by atoms with Gasteiger partial charge in [-0.05, 0) is 29.0 Å². The van der Waals surface area contributed by atoms with Crippen molar-refractivity contribution in [3.05, 3.63) is 74.4 Å². The molecule has 0 amide bonds. The molecule has 2 unspecified atom stereocenters. The molecule has 1 aliphatic rings. The summed E-state index contributed by atoms with van der Waals surface area (Å²) in [5.74, 6) is 0. The molecule has 162 valence electrons. The molecule has 0 heterocycles. The maximum absolute atomic E-state index is 3.95. The van der Waals surface area contributed by atoms with Crippen molar-refractivity contribution in [2.75, 3.05) is 0 Å². The van der Waals surface area contributed by atoms with Gasteiger partial charge in [0.15, 0.2) is 0 Å². The van der Waals surface area contributed by atoms with E-state index in [1.807, 2.05) is 0 Å². The van der Waals surface area contributed by atoms with Crippen LogP contribution in [0.15, 0.2) is 34.9 Å². The van der Waals surface area contributed by atoms with Gasteiger partial charge in [0.25, 0.3) is 0 Å². The second-order valence-electron chi connectivity index (χ2n) is 9.25. The van der Waals surface area contributed by atoms with Crippen molar-refractivity contribution in [1.29, 1.82) is 0 Å². The van der Waals surface area contributed by atoms with Gasteiger partial charge in [0.05, 0.1) is 8.07 Å². The van der Waals surface area contributed by atoms with E-state index >= 15 is 0 Å².